The molecule has 11 nitrogen and oxygen atoms in total. The van der Waals surface area contributed by atoms with Crippen molar-refractivity contribution in [2.24, 2.45) is 0 Å². The summed E-state index contributed by atoms with van der Waals surface area (Å²) in [5.74, 6) is -5.16. The molecule has 2 saturated heterocycles. The van der Waals surface area contributed by atoms with E-state index >= 15 is 0 Å². The van der Waals surface area contributed by atoms with E-state index in [1.165, 1.54) is 12.1 Å². The quantitative estimate of drug-likeness (QED) is 0.320. The van der Waals surface area contributed by atoms with Gasteiger partial charge in [-0.1, -0.05) is 6.07 Å². The Hall–Kier alpha value is -3.44. The Morgan fingerprint density at radius 2 is 1.78 bits per heavy atom. The van der Waals surface area contributed by atoms with Crippen LogP contribution >= 0.6 is 0 Å². The van der Waals surface area contributed by atoms with E-state index in [2.05, 4.69) is 16.0 Å². The Balaban J connectivity index is 1.74. The number of piperazine rings is 1. The van der Waals surface area contributed by atoms with Gasteiger partial charge in [0.05, 0.1) is 17.0 Å². The van der Waals surface area contributed by atoms with Gasteiger partial charge in [-0.2, -0.15) is 0 Å². The molecule has 2 fully saturated rings. The third-order valence-electron chi connectivity index (χ3n) is 6.09. The van der Waals surface area contributed by atoms with Crippen LogP contribution in [0.15, 0.2) is 12.1 Å². The molecule has 0 saturated carbocycles. The third kappa shape index (κ3) is 3.92. The molecule has 3 heterocycles. The molecule has 0 radical (unpaired) electrons. The Morgan fingerprint density at radius 3 is 2.44 bits per heavy atom. The van der Waals surface area contributed by atoms with Crippen LogP contribution in [0.2, 0.25) is 0 Å². The van der Waals surface area contributed by atoms with Crippen LogP contribution in [0.4, 0.5) is 0 Å². The molecule has 0 aliphatic carbocycles. The third-order valence-corrected chi connectivity index (χ3v) is 6.09. The number of carbonyl (C=O) groups excluding carboxylic acids is 5. The van der Waals surface area contributed by atoms with Crippen LogP contribution in [-0.4, -0.2) is 77.6 Å². The summed E-state index contributed by atoms with van der Waals surface area (Å²) in [6.45, 7) is 2.12. The van der Waals surface area contributed by atoms with E-state index < -0.39 is 47.3 Å². The molecule has 168 valence electrons. The maximum Gasteiger partial charge on any atom is 0.321 e. The number of carboxylic acids is 1. The number of imide groups is 2. The molecule has 32 heavy (non-hydrogen) atoms. The van der Waals surface area contributed by atoms with Crippen molar-refractivity contribution in [3.63, 3.8) is 0 Å². The highest BCUT2D eigenvalue weighted by atomic mass is 16.4. The highest BCUT2D eigenvalue weighted by molar-refractivity contribution is 6.24. The summed E-state index contributed by atoms with van der Waals surface area (Å²) in [7, 11) is 0. The number of fused-ring (bicyclic) bond motifs is 1. The number of nitrogens with zero attached hydrogens (tertiary/aromatic N) is 1. The van der Waals surface area contributed by atoms with Gasteiger partial charge in [0.1, 0.15) is 6.04 Å². The molecular weight excluding hydrogens is 420 g/mol. The van der Waals surface area contributed by atoms with Gasteiger partial charge in [0.2, 0.25) is 11.8 Å². The minimum Gasteiger partial charge on any atom is -0.480 e. The lowest BCUT2D eigenvalue weighted by atomic mass is 9.81. The summed E-state index contributed by atoms with van der Waals surface area (Å²) < 4.78 is 0. The van der Waals surface area contributed by atoms with Crippen molar-refractivity contribution in [1.29, 1.82) is 0 Å². The number of nitrogens with one attached hydrogen (secondary N) is 3. The lowest BCUT2D eigenvalue weighted by Crippen LogP contribution is -2.51. The first-order valence-electron chi connectivity index (χ1n) is 10.3. The van der Waals surface area contributed by atoms with Crippen molar-refractivity contribution < 1.29 is 33.9 Å². The highest BCUT2D eigenvalue weighted by Gasteiger charge is 2.40. The second-order valence-electron chi connectivity index (χ2n) is 8.00. The lowest BCUT2D eigenvalue weighted by molar-refractivity contribution is -0.143. The van der Waals surface area contributed by atoms with Crippen LogP contribution in [0.5, 0.6) is 0 Å². The van der Waals surface area contributed by atoms with Gasteiger partial charge in [0, 0.05) is 44.6 Å². The van der Waals surface area contributed by atoms with E-state index in [1.54, 1.807) is 4.90 Å². The Bertz CT molecular complexity index is 1040. The van der Waals surface area contributed by atoms with Gasteiger partial charge < -0.3 is 10.4 Å². The number of rotatable bonds is 6. The Morgan fingerprint density at radius 1 is 1.06 bits per heavy atom. The second kappa shape index (κ2) is 8.60. The maximum atomic E-state index is 13.3. The summed E-state index contributed by atoms with van der Waals surface area (Å²) in [4.78, 5) is 75.7. The SMILES string of the molecule is O=C1CCC(c2c(C(=O)CC(C(=O)O)N3CCNCC3)ccc3c2C(=O)NC3=O)C(=O)N1. The number of carbonyl (C=O) groups is 6. The number of carboxylic acid groups (broad SMARTS) is 1. The second-order valence-corrected chi connectivity index (χ2v) is 8.00. The van der Waals surface area contributed by atoms with Crippen LogP contribution in [0, 0.1) is 0 Å². The predicted octanol–water partition coefficient (Wildman–Crippen LogP) is -0.978. The standard InChI is InChI=1S/C21H22N4O7/c26-14(9-13(21(31)32)25-7-5-22-6-8-25)10-1-2-12-17(20(30)24-19(12)29)16(10)11-3-4-15(27)23-18(11)28/h1-2,11,13,22H,3-9H2,(H,31,32)(H,23,27,28)(H,24,29,30). The molecule has 4 rings (SSSR count). The van der Waals surface area contributed by atoms with Crippen LogP contribution in [0.1, 0.15) is 61.8 Å². The average molecular weight is 442 g/mol. The zero-order valence-electron chi connectivity index (χ0n) is 17.1. The molecule has 1 aromatic rings. The van der Waals surface area contributed by atoms with Crippen LogP contribution in [-0.2, 0) is 14.4 Å². The molecule has 0 aromatic heterocycles. The van der Waals surface area contributed by atoms with Gasteiger partial charge in [-0.3, -0.25) is 44.3 Å². The Labute approximate surface area is 182 Å². The summed E-state index contributed by atoms with van der Waals surface area (Å²) in [5, 5.41) is 17.2. The van der Waals surface area contributed by atoms with E-state index in [1.807, 2.05) is 0 Å². The van der Waals surface area contributed by atoms with Crippen molar-refractivity contribution in [3.8, 4) is 0 Å². The van der Waals surface area contributed by atoms with Crippen LogP contribution in [0.3, 0.4) is 0 Å². The molecule has 2 atom stereocenters. The average Bonchev–Trinajstić information content (AvgIpc) is 3.05. The topological polar surface area (TPSA) is 162 Å². The van der Waals surface area contributed by atoms with Gasteiger partial charge in [0.25, 0.3) is 11.8 Å². The molecule has 4 N–H and O–H groups in total. The van der Waals surface area contributed by atoms with Crippen molar-refractivity contribution in [2.75, 3.05) is 26.2 Å². The van der Waals surface area contributed by atoms with Crippen molar-refractivity contribution in [1.82, 2.24) is 20.9 Å². The lowest BCUT2D eigenvalue weighted by Gasteiger charge is -2.32. The number of hydrogen-bond donors (Lipinski definition) is 4. The maximum absolute atomic E-state index is 13.3. The number of amides is 4. The molecule has 4 amide bonds. The van der Waals surface area contributed by atoms with E-state index in [9.17, 15) is 33.9 Å². The molecule has 2 unspecified atom stereocenters. The van der Waals surface area contributed by atoms with Gasteiger partial charge in [-0.25, -0.2) is 0 Å². The molecule has 3 aliphatic heterocycles. The molecule has 0 bridgehead atoms. The number of benzene rings is 1. The number of ketones is 1. The summed E-state index contributed by atoms with van der Waals surface area (Å²) in [5.41, 5.74) is 0.0716. The largest absolute Gasteiger partial charge is 0.480 e. The Kier molecular flexibility index (Phi) is 5.85. The fourth-order valence-electron chi connectivity index (χ4n) is 4.51. The van der Waals surface area contributed by atoms with Gasteiger partial charge in [-0.05, 0) is 18.1 Å². The van der Waals surface area contributed by atoms with Gasteiger partial charge in [0.15, 0.2) is 5.78 Å². The van der Waals surface area contributed by atoms with Crippen molar-refractivity contribution >= 4 is 35.4 Å². The van der Waals surface area contributed by atoms with E-state index in [-0.39, 0.29) is 41.5 Å². The minimum absolute atomic E-state index is 0.0157. The number of aliphatic carboxylic acids is 1. The van der Waals surface area contributed by atoms with Crippen molar-refractivity contribution in [2.45, 2.75) is 31.2 Å². The fourth-order valence-corrected chi connectivity index (χ4v) is 4.51. The van der Waals surface area contributed by atoms with Crippen LogP contribution in [0.25, 0.3) is 0 Å². The fraction of sp³-hybridized carbons (Fsp3) is 0.429. The highest BCUT2D eigenvalue weighted by Crippen LogP contribution is 2.35. The number of hydrogen-bond acceptors (Lipinski definition) is 8. The predicted molar refractivity (Wildman–Crippen MR) is 108 cm³/mol. The minimum atomic E-state index is -1.14. The first kappa shape index (κ1) is 21.8. The normalized spacial score (nSPS) is 22.2. The smallest absolute Gasteiger partial charge is 0.321 e. The number of piperidine rings is 1. The molecule has 1 aromatic carbocycles. The van der Waals surface area contributed by atoms with E-state index in [0.717, 1.165) is 0 Å². The monoisotopic (exact) mass is 442 g/mol. The zero-order valence-corrected chi connectivity index (χ0v) is 17.1. The first-order valence-corrected chi connectivity index (χ1v) is 10.3. The van der Waals surface area contributed by atoms with Crippen LogP contribution < -0.4 is 16.0 Å². The molecular formula is C21H22N4O7. The number of Topliss-reactive ketones (excluding diaryl/α,β-unsaturated/α-hetero) is 1. The van der Waals surface area contributed by atoms with Gasteiger partial charge in [-0.15, -0.1) is 0 Å². The molecule has 3 aliphatic rings. The van der Waals surface area contributed by atoms with Gasteiger partial charge >= 0.3 is 5.97 Å². The van der Waals surface area contributed by atoms with E-state index in [4.69, 9.17) is 0 Å². The summed E-state index contributed by atoms with van der Waals surface area (Å²) in [6.07, 6.45) is -0.269. The molecule has 0 spiro atoms. The zero-order chi connectivity index (χ0) is 23.0. The summed E-state index contributed by atoms with van der Waals surface area (Å²) >= 11 is 0. The first-order chi connectivity index (χ1) is 15.3. The molecule has 11 heteroatoms. The van der Waals surface area contributed by atoms with E-state index in [0.29, 0.717) is 26.2 Å². The van der Waals surface area contributed by atoms with Crippen molar-refractivity contribution in [3.05, 3.63) is 34.4 Å². The summed E-state index contributed by atoms with van der Waals surface area (Å²) in [6, 6.07) is 1.62.